The van der Waals surface area contributed by atoms with Gasteiger partial charge in [0.25, 0.3) is 0 Å². The number of hydrogen-bond acceptors (Lipinski definition) is 4. The van der Waals surface area contributed by atoms with Gasteiger partial charge in [0, 0.05) is 32.2 Å². The number of benzene rings is 1. The number of nitrogens with zero attached hydrogens (tertiary/aromatic N) is 1. The molecule has 0 saturated carbocycles. The number of carbonyl (C=O) groups is 1. The molecule has 1 saturated heterocycles. The van der Waals surface area contributed by atoms with E-state index < -0.39 is 0 Å². The minimum atomic E-state index is -0.0199. The highest BCUT2D eigenvalue weighted by molar-refractivity contribution is 5.82. The molecule has 146 valence electrons. The molecule has 5 heteroatoms. The lowest BCUT2D eigenvalue weighted by atomic mass is 10.0. The van der Waals surface area contributed by atoms with Crippen LogP contribution in [0.5, 0.6) is 5.75 Å². The minimum Gasteiger partial charge on any atom is -0.496 e. The zero-order valence-electron chi connectivity index (χ0n) is 17.2. The molecule has 0 radical (unpaired) electrons. The summed E-state index contributed by atoms with van der Waals surface area (Å²) in [5, 5.41) is 6.66. The molecule has 1 amide bonds. The van der Waals surface area contributed by atoms with E-state index in [1.165, 1.54) is 11.1 Å². The van der Waals surface area contributed by atoms with E-state index in [-0.39, 0.29) is 11.9 Å². The van der Waals surface area contributed by atoms with Crippen LogP contribution in [-0.2, 0) is 11.3 Å². The van der Waals surface area contributed by atoms with Crippen molar-refractivity contribution in [1.82, 2.24) is 15.5 Å². The normalized spacial score (nSPS) is 20.6. The summed E-state index contributed by atoms with van der Waals surface area (Å²) in [6.07, 6.45) is 0.868. The molecule has 0 bridgehead atoms. The topological polar surface area (TPSA) is 53.6 Å². The second-order valence-electron chi connectivity index (χ2n) is 7.82. The molecule has 1 aliphatic heterocycles. The lowest BCUT2D eigenvalue weighted by Gasteiger charge is -2.24. The Labute approximate surface area is 158 Å². The van der Waals surface area contributed by atoms with Crippen LogP contribution in [0, 0.1) is 19.8 Å². The van der Waals surface area contributed by atoms with E-state index in [1.807, 2.05) is 6.92 Å². The van der Waals surface area contributed by atoms with Gasteiger partial charge in [-0.05, 0) is 55.9 Å². The Morgan fingerprint density at radius 2 is 2.04 bits per heavy atom. The van der Waals surface area contributed by atoms with Gasteiger partial charge < -0.3 is 15.4 Å². The largest absolute Gasteiger partial charge is 0.496 e. The van der Waals surface area contributed by atoms with Crippen LogP contribution >= 0.6 is 0 Å². The predicted octanol–water partition coefficient (Wildman–Crippen LogP) is 2.64. The van der Waals surface area contributed by atoms with E-state index in [4.69, 9.17) is 4.74 Å². The first-order valence-electron chi connectivity index (χ1n) is 9.74. The Bertz CT molecular complexity index is 616. The second-order valence-corrected chi connectivity index (χ2v) is 7.82. The Morgan fingerprint density at radius 3 is 2.65 bits per heavy atom. The zero-order valence-corrected chi connectivity index (χ0v) is 17.2. The predicted molar refractivity (Wildman–Crippen MR) is 107 cm³/mol. The van der Waals surface area contributed by atoms with E-state index in [2.05, 4.69) is 55.4 Å². The van der Waals surface area contributed by atoms with Crippen LogP contribution in [0.2, 0.25) is 0 Å². The fraction of sp³-hybridized carbons (Fsp3) is 0.667. The van der Waals surface area contributed by atoms with Crippen molar-refractivity contribution in [2.24, 2.45) is 5.92 Å². The number of likely N-dealkylation sites (tertiary alicyclic amines) is 1. The Kier molecular flexibility index (Phi) is 7.47. The molecule has 0 unspecified atom stereocenters. The summed E-state index contributed by atoms with van der Waals surface area (Å²) >= 11 is 0. The molecule has 0 aromatic heterocycles. The molecule has 26 heavy (non-hydrogen) atoms. The molecule has 1 heterocycles. The van der Waals surface area contributed by atoms with Crippen molar-refractivity contribution >= 4 is 5.91 Å². The van der Waals surface area contributed by atoms with Crippen LogP contribution in [0.15, 0.2) is 12.1 Å². The Morgan fingerprint density at radius 1 is 1.31 bits per heavy atom. The number of ether oxygens (including phenoxy) is 1. The summed E-state index contributed by atoms with van der Waals surface area (Å²) in [5.41, 5.74) is 3.68. The van der Waals surface area contributed by atoms with Crippen molar-refractivity contribution in [3.05, 3.63) is 28.8 Å². The molecule has 1 fully saturated rings. The van der Waals surface area contributed by atoms with E-state index in [0.717, 1.165) is 37.4 Å². The van der Waals surface area contributed by atoms with Gasteiger partial charge >= 0.3 is 0 Å². The summed E-state index contributed by atoms with van der Waals surface area (Å²) < 4.78 is 5.40. The highest BCUT2D eigenvalue weighted by Crippen LogP contribution is 2.24. The lowest BCUT2D eigenvalue weighted by Crippen LogP contribution is -2.44. The number of likely N-dealkylation sites (N-methyl/N-ethyl adjacent to an activating group) is 1. The standard InChI is InChI=1S/C21H35N3O2/c1-7-22-21(25)19-10-18(13-24(19)12-14(2)3)23-11-17-8-16(5)20(26-6)9-15(17)4/h8-9,14,18-19,23H,7,10-13H2,1-6H3,(H,22,25)/t18-,19+/m1/s1. The van der Waals surface area contributed by atoms with Crippen molar-refractivity contribution < 1.29 is 9.53 Å². The van der Waals surface area contributed by atoms with Gasteiger partial charge in [-0.15, -0.1) is 0 Å². The Hall–Kier alpha value is -1.59. The highest BCUT2D eigenvalue weighted by Gasteiger charge is 2.36. The van der Waals surface area contributed by atoms with E-state index >= 15 is 0 Å². The summed E-state index contributed by atoms with van der Waals surface area (Å²) in [6.45, 7) is 14.0. The summed E-state index contributed by atoms with van der Waals surface area (Å²) in [4.78, 5) is 14.8. The lowest BCUT2D eigenvalue weighted by molar-refractivity contribution is -0.125. The summed E-state index contributed by atoms with van der Waals surface area (Å²) in [5.74, 6) is 1.65. The maximum Gasteiger partial charge on any atom is 0.237 e. The van der Waals surface area contributed by atoms with Gasteiger partial charge in [-0.1, -0.05) is 19.9 Å². The van der Waals surface area contributed by atoms with Gasteiger partial charge in [0.1, 0.15) is 5.75 Å². The molecule has 1 aromatic rings. The van der Waals surface area contributed by atoms with Crippen molar-refractivity contribution in [1.29, 1.82) is 0 Å². The monoisotopic (exact) mass is 361 g/mol. The average Bonchev–Trinajstić information content (AvgIpc) is 2.97. The SMILES string of the molecule is CCNC(=O)[C@@H]1C[C@@H](NCc2cc(C)c(OC)cc2C)CN1CC(C)C. The molecular formula is C21H35N3O2. The van der Waals surface area contributed by atoms with E-state index in [1.54, 1.807) is 7.11 Å². The van der Waals surface area contributed by atoms with Gasteiger partial charge in [0.05, 0.1) is 13.2 Å². The van der Waals surface area contributed by atoms with Crippen LogP contribution in [-0.4, -0.2) is 49.6 Å². The van der Waals surface area contributed by atoms with Crippen molar-refractivity contribution in [3.8, 4) is 5.75 Å². The van der Waals surface area contributed by atoms with E-state index in [0.29, 0.717) is 18.5 Å². The Balaban J connectivity index is 2.01. The average molecular weight is 362 g/mol. The molecule has 2 rings (SSSR count). The van der Waals surface area contributed by atoms with Crippen LogP contribution in [0.4, 0.5) is 0 Å². The van der Waals surface area contributed by atoms with Crippen LogP contribution in [0.1, 0.15) is 43.9 Å². The number of methoxy groups -OCH3 is 1. The maximum atomic E-state index is 12.4. The molecule has 5 nitrogen and oxygen atoms in total. The minimum absolute atomic E-state index is 0.0199. The fourth-order valence-electron chi connectivity index (χ4n) is 3.80. The zero-order chi connectivity index (χ0) is 19.3. The number of hydrogen-bond donors (Lipinski definition) is 2. The molecule has 0 aliphatic carbocycles. The maximum absolute atomic E-state index is 12.4. The number of aryl methyl sites for hydroxylation is 2. The number of rotatable bonds is 8. The fourth-order valence-corrected chi connectivity index (χ4v) is 3.80. The third-order valence-electron chi connectivity index (χ3n) is 5.09. The van der Waals surface area contributed by atoms with Gasteiger partial charge in [0.15, 0.2) is 0 Å². The third kappa shape index (κ3) is 5.21. The third-order valence-corrected chi connectivity index (χ3v) is 5.09. The molecule has 2 atom stereocenters. The van der Waals surface area contributed by atoms with Crippen molar-refractivity contribution in [2.45, 2.75) is 59.7 Å². The van der Waals surface area contributed by atoms with Crippen LogP contribution in [0.3, 0.4) is 0 Å². The molecule has 2 N–H and O–H groups in total. The quantitative estimate of drug-likeness (QED) is 0.747. The van der Waals surface area contributed by atoms with Gasteiger partial charge in [-0.25, -0.2) is 0 Å². The number of carbonyl (C=O) groups excluding carboxylic acids is 1. The molecule has 1 aromatic carbocycles. The van der Waals surface area contributed by atoms with Crippen LogP contribution in [0.25, 0.3) is 0 Å². The van der Waals surface area contributed by atoms with Crippen molar-refractivity contribution in [2.75, 3.05) is 26.7 Å². The van der Waals surface area contributed by atoms with Gasteiger partial charge in [0.2, 0.25) is 5.91 Å². The summed E-state index contributed by atoms with van der Waals surface area (Å²) in [6, 6.07) is 4.61. The smallest absolute Gasteiger partial charge is 0.237 e. The second kappa shape index (κ2) is 9.38. The molecular weight excluding hydrogens is 326 g/mol. The van der Waals surface area contributed by atoms with E-state index in [9.17, 15) is 4.79 Å². The highest BCUT2D eigenvalue weighted by atomic mass is 16.5. The van der Waals surface area contributed by atoms with Crippen LogP contribution < -0.4 is 15.4 Å². The summed E-state index contributed by atoms with van der Waals surface area (Å²) in [7, 11) is 1.71. The van der Waals surface area contributed by atoms with Gasteiger partial charge in [-0.3, -0.25) is 9.69 Å². The number of nitrogens with one attached hydrogen (secondary N) is 2. The first-order valence-corrected chi connectivity index (χ1v) is 9.74. The first kappa shape index (κ1) is 20.7. The van der Waals surface area contributed by atoms with Gasteiger partial charge in [-0.2, -0.15) is 0 Å². The molecule has 0 spiro atoms. The first-order chi connectivity index (χ1) is 12.3. The van der Waals surface area contributed by atoms with Crippen molar-refractivity contribution in [3.63, 3.8) is 0 Å². The number of amides is 1. The molecule has 1 aliphatic rings.